The number of hydrogen-bond acceptors (Lipinski definition) is 8. The monoisotopic (exact) mass is 411 g/mol. The first-order chi connectivity index (χ1) is 14.3. The number of rotatable bonds is 8. The van der Waals surface area contributed by atoms with Gasteiger partial charge in [0.1, 0.15) is 5.75 Å². The van der Waals surface area contributed by atoms with Gasteiger partial charge in [0.05, 0.1) is 17.1 Å². The largest absolute Gasteiger partial charge is 0.493 e. The molecule has 2 aromatic carbocycles. The second-order valence-electron chi connectivity index (χ2n) is 7.03. The molecule has 0 saturated heterocycles. The fraction of sp³-hybridized carbons (Fsp3) is 0.286. The van der Waals surface area contributed by atoms with E-state index in [-0.39, 0.29) is 17.5 Å². The van der Waals surface area contributed by atoms with Crippen LogP contribution >= 0.6 is 0 Å². The van der Waals surface area contributed by atoms with E-state index in [0.717, 1.165) is 0 Å². The van der Waals surface area contributed by atoms with Gasteiger partial charge in [-0.05, 0) is 49.2 Å². The number of nitro benzene ring substituents is 1. The summed E-state index contributed by atoms with van der Waals surface area (Å²) in [6.07, 6.45) is -0.770. The summed E-state index contributed by atoms with van der Waals surface area (Å²) in [6.45, 7) is 6.32. The van der Waals surface area contributed by atoms with E-state index >= 15 is 0 Å². The highest BCUT2D eigenvalue weighted by Crippen LogP contribution is 2.25. The van der Waals surface area contributed by atoms with Gasteiger partial charge in [0.25, 0.3) is 11.6 Å². The Balaban J connectivity index is 1.62. The first-order valence-corrected chi connectivity index (χ1v) is 9.35. The second kappa shape index (κ2) is 9.17. The molecule has 0 N–H and O–H groups in total. The first kappa shape index (κ1) is 21.0. The molecular weight excluding hydrogens is 390 g/mol. The molecule has 0 bridgehead atoms. The predicted octanol–water partition coefficient (Wildman–Crippen LogP) is 4.60. The minimum absolute atomic E-state index is 0.0404. The minimum atomic E-state index is -0.770. The van der Waals surface area contributed by atoms with Crippen molar-refractivity contribution in [3.63, 3.8) is 0 Å². The SMILES string of the molecule is CC(C)COc1ccc(C(=O)O[C@@H](C)c2nnc(-c3ccc([N+](=O)[O-])cc3)o2)cc1. The van der Waals surface area contributed by atoms with Gasteiger partial charge >= 0.3 is 5.97 Å². The number of esters is 1. The highest BCUT2D eigenvalue weighted by molar-refractivity contribution is 5.89. The van der Waals surface area contributed by atoms with Crippen LogP contribution in [0, 0.1) is 16.0 Å². The van der Waals surface area contributed by atoms with Crippen LogP contribution in [0.4, 0.5) is 5.69 Å². The maximum absolute atomic E-state index is 12.4. The summed E-state index contributed by atoms with van der Waals surface area (Å²) in [6, 6.07) is 12.4. The van der Waals surface area contributed by atoms with E-state index in [1.807, 2.05) is 0 Å². The molecule has 1 atom stereocenters. The van der Waals surface area contributed by atoms with Crippen LogP contribution in [0.3, 0.4) is 0 Å². The second-order valence-corrected chi connectivity index (χ2v) is 7.03. The summed E-state index contributed by atoms with van der Waals surface area (Å²) < 4.78 is 16.5. The van der Waals surface area contributed by atoms with Gasteiger partial charge in [0.2, 0.25) is 5.89 Å². The van der Waals surface area contributed by atoms with Gasteiger partial charge in [-0.25, -0.2) is 4.79 Å². The van der Waals surface area contributed by atoms with Crippen molar-refractivity contribution >= 4 is 11.7 Å². The van der Waals surface area contributed by atoms with Gasteiger partial charge in [-0.2, -0.15) is 0 Å². The van der Waals surface area contributed by atoms with Crippen LogP contribution in [0.1, 0.15) is 43.1 Å². The molecule has 0 aliphatic rings. The molecule has 0 fully saturated rings. The molecule has 9 nitrogen and oxygen atoms in total. The van der Waals surface area contributed by atoms with Crippen molar-refractivity contribution in [2.45, 2.75) is 26.9 Å². The molecule has 0 aliphatic heterocycles. The number of nitrogens with zero attached hydrogens (tertiary/aromatic N) is 3. The molecule has 3 aromatic rings. The van der Waals surface area contributed by atoms with Gasteiger partial charge in [0.15, 0.2) is 6.10 Å². The van der Waals surface area contributed by atoms with Gasteiger partial charge in [-0.15, -0.1) is 10.2 Å². The molecule has 0 unspecified atom stereocenters. The van der Waals surface area contributed by atoms with Crippen molar-refractivity contribution in [2.75, 3.05) is 6.61 Å². The van der Waals surface area contributed by atoms with E-state index in [0.29, 0.717) is 29.4 Å². The number of non-ortho nitro benzene ring substituents is 1. The number of hydrogen-bond donors (Lipinski definition) is 0. The van der Waals surface area contributed by atoms with E-state index in [4.69, 9.17) is 13.9 Å². The Morgan fingerprint density at radius 2 is 1.73 bits per heavy atom. The quantitative estimate of drug-likeness (QED) is 0.300. The minimum Gasteiger partial charge on any atom is -0.493 e. The lowest BCUT2D eigenvalue weighted by Crippen LogP contribution is -2.10. The third-order valence-electron chi connectivity index (χ3n) is 4.07. The van der Waals surface area contributed by atoms with Crippen molar-refractivity contribution in [1.82, 2.24) is 10.2 Å². The normalized spacial score (nSPS) is 11.9. The van der Waals surface area contributed by atoms with Crippen molar-refractivity contribution in [1.29, 1.82) is 0 Å². The first-order valence-electron chi connectivity index (χ1n) is 9.35. The fourth-order valence-corrected chi connectivity index (χ4v) is 2.47. The lowest BCUT2D eigenvalue weighted by Gasteiger charge is -2.11. The smallest absolute Gasteiger partial charge is 0.338 e. The number of nitro groups is 1. The number of ether oxygens (including phenoxy) is 2. The third kappa shape index (κ3) is 5.19. The fourth-order valence-electron chi connectivity index (χ4n) is 2.47. The van der Waals surface area contributed by atoms with Crippen LogP contribution in [0.5, 0.6) is 5.75 Å². The lowest BCUT2D eigenvalue weighted by molar-refractivity contribution is -0.384. The number of carbonyl (C=O) groups excluding carboxylic acids is 1. The van der Waals surface area contributed by atoms with Crippen LogP contribution in [0.15, 0.2) is 52.9 Å². The van der Waals surface area contributed by atoms with E-state index in [1.165, 1.54) is 24.3 Å². The Bertz CT molecular complexity index is 1010. The summed E-state index contributed by atoms with van der Waals surface area (Å²) >= 11 is 0. The van der Waals surface area contributed by atoms with E-state index in [9.17, 15) is 14.9 Å². The standard InChI is InChI=1S/C21H21N3O6/c1-13(2)12-28-18-10-6-16(7-11-18)21(25)29-14(3)19-22-23-20(30-19)15-4-8-17(9-5-15)24(26)27/h4-11,13-14H,12H2,1-3H3/t14-/m0/s1. The molecule has 0 spiro atoms. The average Bonchev–Trinajstić information content (AvgIpc) is 3.23. The summed E-state index contributed by atoms with van der Waals surface area (Å²) in [5, 5.41) is 18.6. The van der Waals surface area contributed by atoms with Crippen molar-refractivity contribution in [3.05, 3.63) is 70.1 Å². The number of aromatic nitrogens is 2. The molecule has 1 aromatic heterocycles. The molecule has 156 valence electrons. The average molecular weight is 411 g/mol. The van der Waals surface area contributed by atoms with Crippen LogP contribution in [-0.2, 0) is 4.74 Å². The molecule has 1 heterocycles. The van der Waals surface area contributed by atoms with Crippen LogP contribution in [0.2, 0.25) is 0 Å². The highest BCUT2D eigenvalue weighted by Gasteiger charge is 2.20. The van der Waals surface area contributed by atoms with Crippen LogP contribution < -0.4 is 4.74 Å². The maximum atomic E-state index is 12.4. The summed E-state index contributed by atoms with van der Waals surface area (Å²) in [5.74, 6) is 0.842. The zero-order valence-electron chi connectivity index (χ0n) is 16.8. The molecular formula is C21H21N3O6. The molecule has 0 amide bonds. The van der Waals surface area contributed by atoms with Gasteiger partial charge in [0, 0.05) is 17.7 Å². The zero-order valence-corrected chi connectivity index (χ0v) is 16.8. The van der Waals surface area contributed by atoms with E-state index in [1.54, 1.807) is 31.2 Å². The third-order valence-corrected chi connectivity index (χ3v) is 4.07. The zero-order chi connectivity index (χ0) is 21.7. The summed E-state index contributed by atoms with van der Waals surface area (Å²) in [5.41, 5.74) is 0.852. The lowest BCUT2D eigenvalue weighted by atomic mass is 10.2. The Kier molecular flexibility index (Phi) is 6.41. The van der Waals surface area contributed by atoms with Crippen molar-refractivity contribution in [2.24, 2.45) is 5.92 Å². The van der Waals surface area contributed by atoms with Crippen LogP contribution in [-0.4, -0.2) is 27.7 Å². The number of benzene rings is 2. The Hall–Kier alpha value is -3.75. The summed E-state index contributed by atoms with van der Waals surface area (Å²) in [4.78, 5) is 22.6. The molecule has 0 saturated carbocycles. The van der Waals surface area contributed by atoms with Crippen molar-refractivity contribution in [3.8, 4) is 17.2 Å². The molecule has 0 radical (unpaired) electrons. The summed E-state index contributed by atoms with van der Waals surface area (Å²) in [7, 11) is 0. The van der Waals surface area contributed by atoms with Crippen LogP contribution in [0.25, 0.3) is 11.5 Å². The molecule has 9 heteroatoms. The van der Waals surface area contributed by atoms with Gasteiger partial charge in [-0.1, -0.05) is 13.8 Å². The maximum Gasteiger partial charge on any atom is 0.338 e. The number of carbonyl (C=O) groups is 1. The predicted molar refractivity (Wildman–Crippen MR) is 107 cm³/mol. The topological polar surface area (TPSA) is 118 Å². The van der Waals surface area contributed by atoms with E-state index in [2.05, 4.69) is 24.0 Å². The molecule has 3 rings (SSSR count). The molecule has 0 aliphatic carbocycles. The Labute approximate surface area is 172 Å². The van der Waals surface area contributed by atoms with Gasteiger partial charge < -0.3 is 13.9 Å². The highest BCUT2D eigenvalue weighted by atomic mass is 16.6. The van der Waals surface area contributed by atoms with E-state index < -0.39 is 17.0 Å². The molecule has 30 heavy (non-hydrogen) atoms. The van der Waals surface area contributed by atoms with Crippen molar-refractivity contribution < 1.29 is 23.6 Å². The Morgan fingerprint density at radius 1 is 1.07 bits per heavy atom. The van der Waals surface area contributed by atoms with Gasteiger partial charge in [-0.3, -0.25) is 10.1 Å². The Morgan fingerprint density at radius 3 is 2.33 bits per heavy atom.